The number of aromatic nitrogens is 1. The number of pyridine rings is 1. The van der Waals surface area contributed by atoms with Gasteiger partial charge in [-0.15, -0.1) is 0 Å². The molecule has 0 saturated heterocycles. The molecule has 0 atom stereocenters. The maximum Gasteiger partial charge on any atom is 0.433 e. The van der Waals surface area contributed by atoms with Crippen LogP contribution in [-0.2, 0) is 0 Å². The number of nitrogens with two attached hydrogens (primary N) is 2. The Bertz CT molecular complexity index is 1190. The molecule has 0 aliphatic carbocycles. The van der Waals surface area contributed by atoms with E-state index in [-0.39, 0.29) is 5.56 Å². The predicted molar refractivity (Wildman–Crippen MR) is 118 cm³/mol. The monoisotopic (exact) mass is 424 g/mol. The maximum absolute atomic E-state index is 13.0. The molecule has 3 rings (SSSR count). The highest BCUT2D eigenvalue weighted by Crippen LogP contribution is 2.32. The molecule has 1 heterocycles. The minimum atomic E-state index is -4.81. The van der Waals surface area contributed by atoms with E-state index in [1.807, 2.05) is 24.3 Å². The Morgan fingerprint density at radius 1 is 1.10 bits per heavy atom. The third kappa shape index (κ3) is 4.55. The molecule has 0 spiro atoms. The molecule has 0 aliphatic rings. The van der Waals surface area contributed by atoms with Crippen LogP contribution in [0.2, 0.25) is 0 Å². The summed E-state index contributed by atoms with van der Waals surface area (Å²) in [5, 5.41) is 11.6. The Balaban J connectivity index is 2.07. The Morgan fingerprint density at radius 2 is 1.77 bits per heavy atom. The van der Waals surface area contributed by atoms with Crippen molar-refractivity contribution >= 4 is 34.6 Å². The number of fused-ring (bicyclic) bond motifs is 1. The van der Waals surface area contributed by atoms with Gasteiger partial charge in [0, 0.05) is 36.3 Å². The van der Waals surface area contributed by atoms with Crippen molar-refractivity contribution in [3.8, 4) is 11.1 Å². The molecule has 6 nitrogen and oxygen atoms in total. The minimum Gasteiger partial charge on any atom is -0.404 e. The molecule has 0 aliphatic heterocycles. The van der Waals surface area contributed by atoms with Crippen LogP contribution < -0.4 is 16.9 Å². The summed E-state index contributed by atoms with van der Waals surface area (Å²) in [6.07, 6.45) is -0.886. The van der Waals surface area contributed by atoms with Crippen molar-refractivity contribution in [1.82, 2.24) is 10.4 Å². The van der Waals surface area contributed by atoms with Crippen molar-refractivity contribution in [1.29, 1.82) is 5.41 Å². The second-order valence-electron chi connectivity index (χ2n) is 6.51. The molecule has 1 aromatic heterocycles. The average Bonchev–Trinajstić information content (AvgIpc) is 2.77. The number of nitrogens with zero attached hydrogens (tertiary/aromatic N) is 2. The first-order valence-electron chi connectivity index (χ1n) is 9.01. The van der Waals surface area contributed by atoms with Gasteiger partial charge in [0.1, 0.15) is 5.71 Å². The molecule has 0 radical (unpaired) electrons. The molecule has 2 aromatic carbocycles. The van der Waals surface area contributed by atoms with E-state index in [2.05, 4.69) is 22.2 Å². The lowest BCUT2D eigenvalue weighted by Gasteiger charge is -2.14. The zero-order valence-corrected chi connectivity index (χ0v) is 16.2. The van der Waals surface area contributed by atoms with Gasteiger partial charge >= 0.3 is 6.18 Å². The molecule has 6 N–H and O–H groups in total. The zero-order valence-electron chi connectivity index (χ0n) is 16.2. The van der Waals surface area contributed by atoms with E-state index < -0.39 is 17.5 Å². The van der Waals surface area contributed by atoms with Crippen molar-refractivity contribution in [2.24, 2.45) is 16.6 Å². The number of allylic oxidation sites excluding steroid dienone is 1. The molecular weight excluding hydrogens is 405 g/mol. The van der Waals surface area contributed by atoms with E-state index >= 15 is 0 Å². The van der Waals surface area contributed by atoms with Crippen molar-refractivity contribution in [2.45, 2.75) is 6.18 Å². The first kappa shape index (κ1) is 21.6. The minimum absolute atomic E-state index is 0.179. The SMILES string of the molecule is C=NN/C=C(\N)c1ccc(-c2ccnc3ccc(/C(=C/N)C(=N)C(F)(F)F)cc23)cc1. The molecular formula is C22H19F3N6. The summed E-state index contributed by atoms with van der Waals surface area (Å²) in [5.41, 5.74) is 15.6. The fourth-order valence-corrected chi connectivity index (χ4v) is 3.08. The molecule has 0 bridgehead atoms. The highest BCUT2D eigenvalue weighted by atomic mass is 19.4. The number of rotatable bonds is 6. The molecule has 0 unspecified atom stereocenters. The van der Waals surface area contributed by atoms with Crippen molar-refractivity contribution in [3.05, 3.63) is 78.3 Å². The molecule has 0 fully saturated rings. The van der Waals surface area contributed by atoms with E-state index in [1.165, 1.54) is 12.3 Å². The fourth-order valence-electron chi connectivity index (χ4n) is 3.08. The van der Waals surface area contributed by atoms with Gasteiger partial charge in [0.15, 0.2) is 0 Å². The van der Waals surface area contributed by atoms with Crippen molar-refractivity contribution < 1.29 is 13.2 Å². The summed E-state index contributed by atoms with van der Waals surface area (Å²) in [6.45, 7) is 3.30. The average molecular weight is 424 g/mol. The van der Waals surface area contributed by atoms with Crippen LogP contribution in [-0.4, -0.2) is 23.6 Å². The third-order valence-corrected chi connectivity index (χ3v) is 4.61. The van der Waals surface area contributed by atoms with Gasteiger partial charge in [-0.05, 0) is 40.5 Å². The first-order chi connectivity index (χ1) is 14.8. The second kappa shape index (κ2) is 8.70. The van der Waals surface area contributed by atoms with E-state index in [1.54, 1.807) is 24.4 Å². The normalized spacial score (nSPS) is 12.6. The topological polar surface area (TPSA) is 113 Å². The highest BCUT2D eigenvalue weighted by Gasteiger charge is 2.37. The molecule has 158 valence electrons. The summed E-state index contributed by atoms with van der Waals surface area (Å²) in [4.78, 5) is 4.29. The van der Waals surface area contributed by atoms with Gasteiger partial charge in [0.2, 0.25) is 0 Å². The predicted octanol–water partition coefficient (Wildman–Crippen LogP) is 4.25. The first-order valence-corrected chi connectivity index (χ1v) is 9.01. The number of benzene rings is 2. The van der Waals surface area contributed by atoms with Gasteiger partial charge < -0.3 is 11.5 Å². The van der Waals surface area contributed by atoms with Crippen LogP contribution in [0.1, 0.15) is 11.1 Å². The Morgan fingerprint density at radius 3 is 2.39 bits per heavy atom. The van der Waals surface area contributed by atoms with E-state index in [9.17, 15) is 13.2 Å². The van der Waals surface area contributed by atoms with Gasteiger partial charge in [-0.25, -0.2) is 0 Å². The van der Waals surface area contributed by atoms with Crippen molar-refractivity contribution in [2.75, 3.05) is 0 Å². The van der Waals surface area contributed by atoms with Crippen molar-refractivity contribution in [3.63, 3.8) is 0 Å². The molecule has 31 heavy (non-hydrogen) atoms. The molecule has 0 saturated carbocycles. The number of hydrazone groups is 1. The standard InChI is InChI=1S/C22H19F3N6/c1-29-31-12-19(27)14-4-2-13(3-5-14)16-8-9-30-20-7-6-15(10-17(16)20)18(11-26)21(28)22(23,24)25/h2-12,28,31H,1,26-27H2/b18-11-,19-12-,28-21?. The third-order valence-electron chi connectivity index (χ3n) is 4.61. The van der Waals surface area contributed by atoms with Gasteiger partial charge in [-0.1, -0.05) is 30.3 Å². The van der Waals surface area contributed by atoms with Crippen LogP contribution in [0.3, 0.4) is 0 Å². The van der Waals surface area contributed by atoms with Gasteiger partial charge in [0.05, 0.1) is 11.2 Å². The lowest BCUT2D eigenvalue weighted by molar-refractivity contribution is -0.0578. The molecule has 3 aromatic rings. The van der Waals surface area contributed by atoms with Gasteiger partial charge in [-0.2, -0.15) is 18.3 Å². The zero-order chi connectivity index (χ0) is 22.6. The summed E-state index contributed by atoms with van der Waals surface area (Å²) >= 11 is 0. The number of hydrogen-bond donors (Lipinski definition) is 4. The van der Waals surface area contributed by atoms with Crippen LogP contribution >= 0.6 is 0 Å². The summed E-state index contributed by atoms with van der Waals surface area (Å²) in [6, 6.07) is 13.7. The van der Waals surface area contributed by atoms with Crippen LogP contribution in [0, 0.1) is 5.41 Å². The highest BCUT2D eigenvalue weighted by molar-refractivity contribution is 6.25. The lowest BCUT2D eigenvalue weighted by Crippen LogP contribution is -2.23. The Hall–Kier alpha value is -4.14. The summed E-state index contributed by atoms with van der Waals surface area (Å²) in [5.74, 6) is 0. The second-order valence-corrected chi connectivity index (χ2v) is 6.51. The Kier molecular flexibility index (Phi) is 6.05. The quantitative estimate of drug-likeness (QED) is 0.350. The molecule has 0 amide bonds. The smallest absolute Gasteiger partial charge is 0.404 e. The number of alkyl halides is 3. The van der Waals surface area contributed by atoms with E-state index in [0.717, 1.165) is 22.9 Å². The summed E-state index contributed by atoms with van der Waals surface area (Å²) in [7, 11) is 0. The van der Waals surface area contributed by atoms with Crippen LogP contribution in [0.15, 0.2) is 72.2 Å². The van der Waals surface area contributed by atoms with E-state index in [0.29, 0.717) is 16.6 Å². The van der Waals surface area contributed by atoms with Crippen LogP contribution in [0.25, 0.3) is 33.3 Å². The van der Waals surface area contributed by atoms with Gasteiger partial charge in [-0.3, -0.25) is 15.8 Å². The van der Waals surface area contributed by atoms with Crippen LogP contribution in [0.4, 0.5) is 13.2 Å². The van der Waals surface area contributed by atoms with E-state index in [4.69, 9.17) is 16.9 Å². The maximum atomic E-state index is 13.0. The Labute approximate surface area is 176 Å². The fraction of sp³-hybridized carbons (Fsp3) is 0.0455. The van der Waals surface area contributed by atoms with Crippen LogP contribution in [0.5, 0.6) is 0 Å². The number of nitrogens with one attached hydrogen (secondary N) is 2. The largest absolute Gasteiger partial charge is 0.433 e. The van der Waals surface area contributed by atoms with Gasteiger partial charge in [0.25, 0.3) is 0 Å². The summed E-state index contributed by atoms with van der Waals surface area (Å²) < 4.78 is 39.1. The molecule has 9 heteroatoms. The number of hydrogen-bond acceptors (Lipinski definition) is 6. The number of halogens is 3. The lowest BCUT2D eigenvalue weighted by atomic mass is 9.95.